The van der Waals surface area contributed by atoms with Crippen molar-refractivity contribution in [3.8, 4) is 17.2 Å². The van der Waals surface area contributed by atoms with E-state index in [0.717, 1.165) is 44.0 Å². The van der Waals surface area contributed by atoms with Crippen LogP contribution in [0, 0.1) is 0 Å². The molecule has 0 saturated carbocycles. The molecule has 2 aromatic carbocycles. The normalized spacial score (nSPS) is 14.4. The number of alkyl halides is 17. The van der Waals surface area contributed by atoms with Crippen molar-refractivity contribution in [2.24, 2.45) is 0 Å². The zero-order valence-electron chi connectivity index (χ0n) is 26.6. The molecular formula is C30H25F17O6. The monoisotopic (exact) mass is 804 g/mol. The van der Waals surface area contributed by atoms with Crippen LogP contribution in [0.5, 0.6) is 17.2 Å². The van der Waals surface area contributed by atoms with E-state index in [4.69, 9.17) is 14.2 Å². The summed E-state index contributed by atoms with van der Waals surface area (Å²) >= 11 is 0. The lowest BCUT2D eigenvalue weighted by Crippen LogP contribution is -2.74. The van der Waals surface area contributed by atoms with Gasteiger partial charge in [0.1, 0.15) is 17.2 Å². The molecule has 6 nitrogen and oxygen atoms in total. The van der Waals surface area contributed by atoms with Gasteiger partial charge in [-0.25, -0.2) is 9.59 Å². The van der Waals surface area contributed by atoms with Crippen LogP contribution in [0.25, 0.3) is 0 Å². The smallest absolute Gasteiger partial charge is 0.460 e. The summed E-state index contributed by atoms with van der Waals surface area (Å²) in [6.07, 6.45) is -10.9. The van der Waals surface area contributed by atoms with E-state index < -0.39 is 78.7 Å². The van der Waals surface area contributed by atoms with Gasteiger partial charge in [0.05, 0.1) is 25.2 Å². The van der Waals surface area contributed by atoms with Crippen LogP contribution in [0.4, 0.5) is 74.6 Å². The molecule has 2 aromatic rings. The van der Waals surface area contributed by atoms with Crippen LogP contribution < -0.4 is 14.2 Å². The number of hydrogen-bond acceptors (Lipinski definition) is 6. The number of esters is 2. The molecule has 0 radical (unpaired) electrons. The van der Waals surface area contributed by atoms with E-state index in [1.807, 2.05) is 6.92 Å². The quantitative estimate of drug-likeness (QED) is 0.0647. The van der Waals surface area contributed by atoms with E-state index in [0.29, 0.717) is 12.4 Å². The molecule has 0 amide bonds. The van der Waals surface area contributed by atoms with Crippen molar-refractivity contribution in [2.75, 3.05) is 13.2 Å². The molecule has 0 bridgehead atoms. The lowest BCUT2D eigenvalue weighted by Gasteiger charge is -2.42. The number of carbonyl (C=O) groups is 2. The first-order valence-corrected chi connectivity index (χ1v) is 14.5. The zero-order valence-corrected chi connectivity index (χ0v) is 26.6. The highest BCUT2D eigenvalue weighted by molar-refractivity contribution is 5.91. The Kier molecular flexibility index (Phi) is 13.3. The third kappa shape index (κ3) is 8.79. The molecule has 53 heavy (non-hydrogen) atoms. The Hall–Kier alpha value is -4.21. The lowest BCUT2D eigenvalue weighted by atomic mass is 9.88. The summed E-state index contributed by atoms with van der Waals surface area (Å²) in [7, 11) is 0. The molecule has 0 aliphatic carbocycles. The predicted octanol–water partition coefficient (Wildman–Crippen LogP) is 9.79. The van der Waals surface area contributed by atoms with Crippen molar-refractivity contribution in [1.82, 2.24) is 0 Å². The summed E-state index contributed by atoms with van der Waals surface area (Å²) < 4.78 is 247. The summed E-state index contributed by atoms with van der Waals surface area (Å²) in [6, 6.07) is 10.3. The maximum absolute atomic E-state index is 14.1. The van der Waals surface area contributed by atoms with E-state index in [1.165, 1.54) is 24.3 Å². The van der Waals surface area contributed by atoms with Crippen LogP contribution in [0.15, 0.2) is 48.5 Å². The number of benzene rings is 2. The van der Waals surface area contributed by atoms with E-state index in [2.05, 4.69) is 4.74 Å². The second-order valence-corrected chi connectivity index (χ2v) is 10.9. The van der Waals surface area contributed by atoms with Gasteiger partial charge in [-0.2, -0.15) is 74.6 Å². The molecule has 0 N–H and O–H groups in total. The third-order valence-electron chi connectivity index (χ3n) is 6.98. The Morgan fingerprint density at radius 2 is 1.02 bits per heavy atom. The van der Waals surface area contributed by atoms with E-state index in [-0.39, 0.29) is 17.1 Å². The number of rotatable bonds is 18. The number of hydrogen-bond donors (Lipinski definition) is 0. The van der Waals surface area contributed by atoms with Gasteiger partial charge in [-0.1, -0.05) is 13.3 Å². The minimum absolute atomic E-state index is 0.0677. The second kappa shape index (κ2) is 15.6. The maximum atomic E-state index is 14.1. The van der Waals surface area contributed by atoms with Gasteiger partial charge in [0, 0.05) is 0 Å². The van der Waals surface area contributed by atoms with E-state index >= 15 is 0 Å². The first-order valence-electron chi connectivity index (χ1n) is 14.5. The van der Waals surface area contributed by atoms with Gasteiger partial charge >= 0.3 is 59.6 Å². The van der Waals surface area contributed by atoms with Crippen LogP contribution in [-0.4, -0.2) is 78.9 Å². The van der Waals surface area contributed by atoms with Gasteiger partial charge in [-0.3, -0.25) is 0 Å². The van der Waals surface area contributed by atoms with Gasteiger partial charge in [0.2, 0.25) is 0 Å². The second-order valence-electron chi connectivity index (χ2n) is 10.9. The average molecular weight is 804 g/mol. The number of halogens is 17. The molecule has 0 aliphatic heterocycles. The minimum atomic E-state index is -8.74. The number of ether oxygens (including phenoxy) is 4. The van der Waals surface area contributed by atoms with Crippen molar-refractivity contribution >= 4 is 11.9 Å². The molecule has 0 aliphatic rings. The fraction of sp³-hybridized carbons (Fsp3) is 0.533. The lowest BCUT2D eigenvalue weighted by molar-refractivity contribution is -0.461. The molecule has 23 heteroatoms. The fourth-order valence-electron chi connectivity index (χ4n) is 3.78. The predicted molar refractivity (Wildman–Crippen MR) is 145 cm³/mol. The van der Waals surface area contributed by atoms with E-state index in [1.54, 1.807) is 0 Å². The van der Waals surface area contributed by atoms with Gasteiger partial charge in [-0.05, 0) is 61.9 Å². The van der Waals surface area contributed by atoms with Gasteiger partial charge in [0.15, 0.2) is 6.10 Å². The first kappa shape index (κ1) is 44.9. The summed E-state index contributed by atoms with van der Waals surface area (Å²) in [5.41, 5.74) is 0.121. The molecule has 0 unspecified atom stereocenters. The van der Waals surface area contributed by atoms with Crippen LogP contribution in [-0.2, 0) is 9.53 Å². The number of carbonyl (C=O) groups excluding carboxylic acids is 2. The zero-order chi connectivity index (χ0) is 41.1. The Morgan fingerprint density at radius 3 is 1.49 bits per heavy atom. The summed E-state index contributed by atoms with van der Waals surface area (Å²) in [6.45, 7) is 1.15. The van der Waals surface area contributed by atoms with Crippen LogP contribution in [0.3, 0.4) is 0 Å². The first-order chi connectivity index (χ1) is 23.9. The minimum Gasteiger partial charge on any atom is -0.494 e. The molecule has 0 fully saturated rings. The SMILES string of the molecule is CCCCOc1ccc(C(=O)Oc2ccc(O[C@@H](C)C(=O)OCCC(F)(F)C(F)(F)C(F)(F)C(F)(F)C(F)(F)C(F)(F)C(F)(F)C(F)(F)F)cc2)cc1. The summed E-state index contributed by atoms with van der Waals surface area (Å²) in [5, 5.41) is 0. The van der Waals surface area contributed by atoms with Crippen molar-refractivity contribution in [3.05, 3.63) is 54.1 Å². The molecule has 0 aromatic heterocycles. The number of unbranched alkanes of at least 4 members (excludes halogenated alkanes) is 1. The fourth-order valence-corrected chi connectivity index (χ4v) is 3.78. The molecule has 2 rings (SSSR count). The van der Waals surface area contributed by atoms with Crippen molar-refractivity contribution < 1.29 is 103 Å². The summed E-state index contributed by atoms with van der Waals surface area (Å²) in [4.78, 5) is 24.4. The topological polar surface area (TPSA) is 71.1 Å². The Bertz CT molecular complexity index is 1540. The maximum Gasteiger partial charge on any atom is 0.460 e. The average Bonchev–Trinajstić information content (AvgIpc) is 3.04. The van der Waals surface area contributed by atoms with Crippen molar-refractivity contribution in [1.29, 1.82) is 0 Å². The van der Waals surface area contributed by atoms with Crippen LogP contribution in [0.1, 0.15) is 43.5 Å². The van der Waals surface area contributed by atoms with Crippen LogP contribution >= 0.6 is 0 Å². The molecule has 0 heterocycles. The highest BCUT2D eigenvalue weighted by Crippen LogP contribution is 2.64. The molecule has 0 spiro atoms. The highest BCUT2D eigenvalue weighted by atomic mass is 19.4. The van der Waals surface area contributed by atoms with Gasteiger partial charge in [-0.15, -0.1) is 0 Å². The highest BCUT2D eigenvalue weighted by Gasteiger charge is 2.95. The Labute approximate surface area is 287 Å². The molecule has 1 atom stereocenters. The summed E-state index contributed by atoms with van der Waals surface area (Å²) in [5.74, 6) is -59.7. The van der Waals surface area contributed by atoms with Crippen molar-refractivity contribution in [3.63, 3.8) is 0 Å². The largest absolute Gasteiger partial charge is 0.494 e. The third-order valence-corrected chi connectivity index (χ3v) is 6.98. The van der Waals surface area contributed by atoms with E-state index in [9.17, 15) is 84.2 Å². The van der Waals surface area contributed by atoms with Gasteiger partial charge < -0.3 is 18.9 Å². The standard InChI is InChI=1S/C30H25F17O6/c1-3-4-14-50-18-7-5-17(6-8-18)22(49)53-20-11-9-19(10-12-20)52-16(2)21(48)51-15-13-23(31,32)24(33,34)25(35,36)26(37,38)27(39,40)28(41,42)29(43,44)30(45,46)47/h5-12,16H,3-4,13-15H2,1-2H3/t16-/m0/s1. The van der Waals surface area contributed by atoms with Gasteiger partial charge in [0.25, 0.3) is 0 Å². The Morgan fingerprint density at radius 1 is 0.585 bits per heavy atom. The van der Waals surface area contributed by atoms with Crippen molar-refractivity contribution in [2.45, 2.75) is 86.8 Å². The molecule has 0 saturated heterocycles. The molecular weight excluding hydrogens is 779 g/mol. The molecule has 300 valence electrons. The Balaban J connectivity index is 2.04. The van der Waals surface area contributed by atoms with Crippen LogP contribution in [0.2, 0.25) is 0 Å².